The van der Waals surface area contributed by atoms with Gasteiger partial charge in [0.2, 0.25) is 5.24 Å². The van der Waals surface area contributed by atoms with Crippen molar-refractivity contribution >= 4 is 22.8 Å². The van der Waals surface area contributed by atoms with E-state index in [9.17, 15) is 14.0 Å². The summed E-state index contributed by atoms with van der Waals surface area (Å²) in [5.74, 6) is -0.815. The minimum atomic E-state index is -0.576. The molecule has 0 radical (unpaired) electrons. The van der Waals surface area contributed by atoms with E-state index in [1.54, 1.807) is 0 Å². The average Bonchev–Trinajstić information content (AvgIpc) is 2.77. The number of amides is 1. The van der Waals surface area contributed by atoms with Crippen LogP contribution in [0.1, 0.15) is 23.2 Å². The molecule has 1 aromatic carbocycles. The fourth-order valence-corrected chi connectivity index (χ4v) is 2.26. The molecule has 0 aliphatic carbocycles. The molecule has 1 atom stereocenters. The van der Waals surface area contributed by atoms with Gasteiger partial charge in [0, 0.05) is 12.1 Å². The Balaban J connectivity index is 2.23. The lowest BCUT2D eigenvalue weighted by Crippen LogP contribution is -2.38. The Bertz CT molecular complexity index is 464. The monoisotopic (exact) mass is 255 g/mol. The van der Waals surface area contributed by atoms with Crippen LogP contribution in [0.3, 0.4) is 0 Å². The quantitative estimate of drug-likeness (QED) is 0.760. The van der Waals surface area contributed by atoms with Crippen molar-refractivity contribution in [1.29, 1.82) is 0 Å². The number of hydrogen-bond acceptors (Lipinski definition) is 2. The number of nitrogens with zero attached hydrogens (tertiary/aromatic N) is 1. The Morgan fingerprint density at radius 3 is 2.82 bits per heavy atom. The number of benzene rings is 1. The van der Waals surface area contributed by atoms with Gasteiger partial charge in [-0.15, -0.1) is 0 Å². The van der Waals surface area contributed by atoms with Crippen LogP contribution in [0, 0.1) is 5.82 Å². The molecule has 3 nitrogen and oxygen atoms in total. The van der Waals surface area contributed by atoms with Crippen LogP contribution in [0.15, 0.2) is 24.3 Å². The van der Waals surface area contributed by atoms with E-state index in [1.165, 1.54) is 23.1 Å². The summed E-state index contributed by atoms with van der Waals surface area (Å²) in [6, 6.07) is 4.85. The fraction of sp³-hybridized carbons (Fsp3) is 0.333. The van der Waals surface area contributed by atoms with E-state index >= 15 is 0 Å². The maximum Gasteiger partial charge on any atom is 0.254 e. The maximum absolute atomic E-state index is 13.0. The first-order chi connectivity index (χ1) is 8.09. The Hall–Kier alpha value is -1.42. The summed E-state index contributed by atoms with van der Waals surface area (Å²) in [6.45, 7) is 0.485. The molecule has 0 aromatic heterocycles. The van der Waals surface area contributed by atoms with Crippen LogP contribution < -0.4 is 0 Å². The largest absolute Gasteiger partial charge is 0.327 e. The lowest BCUT2D eigenvalue weighted by atomic mass is 10.1. The van der Waals surface area contributed by atoms with E-state index in [-0.39, 0.29) is 11.5 Å². The predicted octanol–water partition coefficient (Wildman–Crippen LogP) is 2.20. The molecular weight excluding hydrogens is 245 g/mol. The van der Waals surface area contributed by atoms with Crippen LogP contribution in [-0.4, -0.2) is 28.6 Å². The molecule has 1 aliphatic heterocycles. The lowest BCUT2D eigenvalue weighted by Gasteiger charge is -2.21. The first kappa shape index (κ1) is 12.0. The maximum atomic E-state index is 13.0. The normalized spacial score (nSPS) is 19.4. The molecule has 0 spiro atoms. The van der Waals surface area contributed by atoms with Crippen LogP contribution in [-0.2, 0) is 4.79 Å². The van der Waals surface area contributed by atoms with Crippen molar-refractivity contribution in [3.63, 3.8) is 0 Å². The molecule has 5 heteroatoms. The molecule has 0 bridgehead atoms. The number of carbonyl (C=O) groups excluding carboxylic acids is 2. The van der Waals surface area contributed by atoms with Crippen LogP contribution in [0.5, 0.6) is 0 Å². The molecule has 1 fully saturated rings. The molecule has 1 unspecified atom stereocenters. The van der Waals surface area contributed by atoms with Gasteiger partial charge in [-0.25, -0.2) is 4.39 Å². The van der Waals surface area contributed by atoms with E-state index in [2.05, 4.69) is 0 Å². The Morgan fingerprint density at radius 2 is 2.18 bits per heavy atom. The molecular formula is C12H11ClFNO2. The van der Waals surface area contributed by atoms with Crippen molar-refractivity contribution in [2.24, 2.45) is 0 Å². The van der Waals surface area contributed by atoms with Crippen molar-refractivity contribution in [3.05, 3.63) is 35.6 Å². The third-order valence-corrected chi connectivity index (χ3v) is 3.10. The smallest absolute Gasteiger partial charge is 0.254 e. The highest BCUT2D eigenvalue weighted by atomic mass is 35.5. The highest BCUT2D eigenvalue weighted by molar-refractivity contribution is 6.64. The number of carbonyl (C=O) groups is 2. The van der Waals surface area contributed by atoms with Crippen molar-refractivity contribution in [2.75, 3.05) is 6.54 Å². The fourth-order valence-electron chi connectivity index (χ4n) is 2.03. The number of rotatable bonds is 2. The molecule has 1 amide bonds. The van der Waals surface area contributed by atoms with Crippen molar-refractivity contribution in [1.82, 2.24) is 4.90 Å². The molecule has 1 aliphatic rings. The van der Waals surface area contributed by atoms with Gasteiger partial charge in [-0.05, 0) is 42.6 Å². The molecule has 2 rings (SSSR count). The number of halogens is 2. The lowest BCUT2D eigenvalue weighted by molar-refractivity contribution is -0.115. The van der Waals surface area contributed by atoms with Crippen LogP contribution in [0.4, 0.5) is 4.39 Å². The van der Waals surface area contributed by atoms with Gasteiger partial charge in [0.25, 0.3) is 5.91 Å². The number of likely N-dealkylation sites (tertiary alicyclic amines) is 1. The highest BCUT2D eigenvalue weighted by Crippen LogP contribution is 2.22. The van der Waals surface area contributed by atoms with Gasteiger partial charge in [-0.1, -0.05) is 6.07 Å². The second-order valence-electron chi connectivity index (χ2n) is 3.97. The minimum absolute atomic E-state index is 0.245. The summed E-state index contributed by atoms with van der Waals surface area (Å²) in [5.41, 5.74) is 0.245. The van der Waals surface area contributed by atoms with Crippen LogP contribution in [0.25, 0.3) is 0 Å². The molecule has 0 N–H and O–H groups in total. The molecule has 0 saturated carbocycles. The molecule has 17 heavy (non-hydrogen) atoms. The minimum Gasteiger partial charge on any atom is -0.327 e. The second-order valence-corrected chi connectivity index (χ2v) is 4.34. The topological polar surface area (TPSA) is 37.4 Å². The predicted molar refractivity (Wildman–Crippen MR) is 61.3 cm³/mol. The molecule has 90 valence electrons. The van der Waals surface area contributed by atoms with Gasteiger partial charge in [-0.2, -0.15) is 0 Å². The molecule has 1 aromatic rings. The number of hydrogen-bond donors (Lipinski definition) is 0. The van der Waals surface area contributed by atoms with Crippen molar-refractivity contribution in [3.8, 4) is 0 Å². The summed E-state index contributed by atoms with van der Waals surface area (Å²) in [6.07, 6.45) is 1.31. The molecule has 1 heterocycles. The van der Waals surface area contributed by atoms with Crippen molar-refractivity contribution < 1.29 is 14.0 Å². The third-order valence-electron chi connectivity index (χ3n) is 2.85. The standard InChI is InChI=1S/C12H11ClFNO2/c13-11(16)10-5-2-6-15(10)12(17)8-3-1-4-9(14)7-8/h1,3-4,7,10H,2,5-6H2. The van der Waals surface area contributed by atoms with Gasteiger partial charge in [-0.3, -0.25) is 9.59 Å². The summed E-state index contributed by atoms with van der Waals surface area (Å²) < 4.78 is 13.0. The second kappa shape index (κ2) is 4.84. The Labute approximate surface area is 103 Å². The van der Waals surface area contributed by atoms with Crippen LogP contribution in [0.2, 0.25) is 0 Å². The third kappa shape index (κ3) is 2.47. The van der Waals surface area contributed by atoms with Gasteiger partial charge in [0.15, 0.2) is 0 Å². The summed E-state index contributed by atoms with van der Waals surface area (Å²) in [4.78, 5) is 24.6. The highest BCUT2D eigenvalue weighted by Gasteiger charge is 2.33. The van der Waals surface area contributed by atoms with E-state index in [0.717, 1.165) is 12.5 Å². The first-order valence-corrected chi connectivity index (χ1v) is 5.73. The van der Waals surface area contributed by atoms with E-state index in [4.69, 9.17) is 11.6 Å². The first-order valence-electron chi connectivity index (χ1n) is 5.35. The zero-order valence-electron chi connectivity index (χ0n) is 9.03. The summed E-state index contributed by atoms with van der Waals surface area (Å²) >= 11 is 5.43. The van der Waals surface area contributed by atoms with Gasteiger partial charge >= 0.3 is 0 Å². The van der Waals surface area contributed by atoms with Gasteiger partial charge in [0.05, 0.1) is 0 Å². The Morgan fingerprint density at radius 1 is 1.41 bits per heavy atom. The Kier molecular flexibility index (Phi) is 3.43. The summed E-state index contributed by atoms with van der Waals surface area (Å²) in [5, 5.41) is -0.535. The van der Waals surface area contributed by atoms with Crippen molar-refractivity contribution in [2.45, 2.75) is 18.9 Å². The van der Waals surface area contributed by atoms with Gasteiger partial charge in [0.1, 0.15) is 11.9 Å². The van der Waals surface area contributed by atoms with Gasteiger partial charge < -0.3 is 4.90 Å². The zero-order chi connectivity index (χ0) is 12.4. The zero-order valence-corrected chi connectivity index (χ0v) is 9.78. The molecule has 1 saturated heterocycles. The SMILES string of the molecule is O=C(Cl)C1CCCN1C(=O)c1cccc(F)c1. The average molecular weight is 256 g/mol. The van der Waals surface area contributed by atoms with E-state index < -0.39 is 17.1 Å². The summed E-state index contributed by atoms with van der Waals surface area (Å²) in [7, 11) is 0. The van der Waals surface area contributed by atoms with Crippen LogP contribution >= 0.6 is 11.6 Å². The van der Waals surface area contributed by atoms with E-state index in [1.807, 2.05) is 0 Å². The van der Waals surface area contributed by atoms with E-state index in [0.29, 0.717) is 13.0 Å².